The molecule has 7 heteroatoms. The van der Waals surface area contributed by atoms with Crippen LogP contribution in [0.1, 0.15) is 17.0 Å². The van der Waals surface area contributed by atoms with Crippen molar-refractivity contribution in [1.82, 2.24) is 14.8 Å². The molecule has 0 spiro atoms. The van der Waals surface area contributed by atoms with Crippen LogP contribution in [-0.4, -0.2) is 26.4 Å². The van der Waals surface area contributed by atoms with E-state index in [1.165, 1.54) is 11.8 Å². The maximum atomic E-state index is 12.4. The third-order valence-corrected chi connectivity index (χ3v) is 5.81. The van der Waals surface area contributed by atoms with E-state index in [4.69, 9.17) is 11.6 Å². The van der Waals surface area contributed by atoms with Crippen molar-refractivity contribution in [3.8, 4) is 5.69 Å². The third kappa shape index (κ3) is 5.54. The zero-order valence-corrected chi connectivity index (χ0v) is 18.5. The van der Waals surface area contributed by atoms with Gasteiger partial charge in [0.2, 0.25) is 5.91 Å². The average molecular weight is 449 g/mol. The van der Waals surface area contributed by atoms with Crippen LogP contribution in [0.3, 0.4) is 0 Å². The molecule has 1 amide bonds. The number of carbonyl (C=O) groups is 1. The highest BCUT2D eigenvalue weighted by molar-refractivity contribution is 7.99. The fourth-order valence-corrected chi connectivity index (χ4v) is 4.07. The molecular weight excluding hydrogens is 428 g/mol. The number of rotatable bonds is 7. The molecule has 4 rings (SSSR count). The predicted molar refractivity (Wildman–Crippen MR) is 126 cm³/mol. The lowest BCUT2D eigenvalue weighted by Crippen LogP contribution is -2.14. The van der Waals surface area contributed by atoms with Crippen molar-refractivity contribution in [2.24, 2.45) is 0 Å². The molecule has 0 saturated heterocycles. The average Bonchev–Trinajstić information content (AvgIpc) is 3.17. The number of nitrogens with one attached hydrogen (secondary N) is 1. The molecule has 0 aliphatic rings. The van der Waals surface area contributed by atoms with Crippen molar-refractivity contribution in [1.29, 1.82) is 0 Å². The summed E-state index contributed by atoms with van der Waals surface area (Å²) in [6, 6.07) is 25.4. The lowest BCUT2D eigenvalue weighted by molar-refractivity contribution is -0.113. The van der Waals surface area contributed by atoms with Crippen LogP contribution in [0, 0.1) is 6.92 Å². The van der Waals surface area contributed by atoms with Gasteiger partial charge in [0.05, 0.1) is 5.75 Å². The Morgan fingerprint density at radius 2 is 1.77 bits per heavy atom. The van der Waals surface area contributed by atoms with Gasteiger partial charge in [-0.1, -0.05) is 65.8 Å². The minimum Gasteiger partial charge on any atom is -0.325 e. The molecule has 3 aromatic carbocycles. The third-order valence-electron chi connectivity index (χ3n) is 4.63. The van der Waals surface area contributed by atoms with Crippen molar-refractivity contribution in [2.45, 2.75) is 18.5 Å². The predicted octanol–water partition coefficient (Wildman–Crippen LogP) is 5.55. The summed E-state index contributed by atoms with van der Waals surface area (Å²) in [5.41, 5.74) is 3.99. The molecule has 0 aliphatic heterocycles. The van der Waals surface area contributed by atoms with Crippen LogP contribution in [0.2, 0.25) is 5.02 Å². The maximum absolute atomic E-state index is 12.4. The van der Waals surface area contributed by atoms with Crippen molar-refractivity contribution in [3.05, 3.63) is 101 Å². The topological polar surface area (TPSA) is 59.8 Å². The van der Waals surface area contributed by atoms with E-state index in [0.717, 1.165) is 22.6 Å². The van der Waals surface area contributed by atoms with Gasteiger partial charge in [-0.15, -0.1) is 10.2 Å². The molecule has 0 radical (unpaired) electrons. The summed E-state index contributed by atoms with van der Waals surface area (Å²) in [6.07, 6.45) is 0.652. The summed E-state index contributed by atoms with van der Waals surface area (Å²) < 4.78 is 2.03. The van der Waals surface area contributed by atoms with E-state index in [1.807, 2.05) is 34.9 Å². The molecule has 1 N–H and O–H groups in total. The molecule has 5 nitrogen and oxygen atoms in total. The lowest BCUT2D eigenvalue weighted by Gasteiger charge is -2.11. The number of benzene rings is 3. The Morgan fingerprint density at radius 3 is 2.52 bits per heavy atom. The second kappa shape index (κ2) is 9.81. The fourth-order valence-electron chi connectivity index (χ4n) is 3.17. The molecular formula is C24H21ClN4OS. The Labute approximate surface area is 190 Å². The van der Waals surface area contributed by atoms with E-state index in [2.05, 4.69) is 46.7 Å². The maximum Gasteiger partial charge on any atom is 0.234 e. The van der Waals surface area contributed by atoms with E-state index in [0.29, 0.717) is 22.3 Å². The first-order valence-corrected chi connectivity index (χ1v) is 11.2. The van der Waals surface area contributed by atoms with Crippen molar-refractivity contribution >= 4 is 35.0 Å². The summed E-state index contributed by atoms with van der Waals surface area (Å²) in [4.78, 5) is 12.4. The molecule has 0 unspecified atom stereocenters. The number of halogens is 1. The van der Waals surface area contributed by atoms with E-state index in [9.17, 15) is 4.79 Å². The first-order valence-electron chi connectivity index (χ1n) is 9.82. The Hall–Kier alpha value is -3.09. The van der Waals surface area contributed by atoms with Gasteiger partial charge in [0.25, 0.3) is 0 Å². The van der Waals surface area contributed by atoms with Crippen LogP contribution in [0.5, 0.6) is 0 Å². The SMILES string of the molecule is Cc1cccc(-n2c(Cc3ccccc3)nnc2SCC(=O)Nc2ccc(Cl)cc2)c1. The van der Waals surface area contributed by atoms with Gasteiger partial charge in [0.15, 0.2) is 5.16 Å². The summed E-state index contributed by atoms with van der Waals surface area (Å²) in [5, 5.41) is 13.0. The minimum absolute atomic E-state index is 0.115. The number of aromatic nitrogens is 3. The largest absolute Gasteiger partial charge is 0.325 e. The van der Waals surface area contributed by atoms with E-state index >= 15 is 0 Å². The Balaban J connectivity index is 1.55. The minimum atomic E-state index is -0.115. The van der Waals surface area contributed by atoms with Crippen molar-refractivity contribution in [2.75, 3.05) is 11.1 Å². The number of amides is 1. The van der Waals surface area contributed by atoms with Gasteiger partial charge in [0.1, 0.15) is 5.82 Å². The number of hydrogen-bond donors (Lipinski definition) is 1. The van der Waals surface area contributed by atoms with E-state index in [-0.39, 0.29) is 11.7 Å². The van der Waals surface area contributed by atoms with Gasteiger partial charge >= 0.3 is 0 Å². The first-order chi connectivity index (χ1) is 15.1. The Bertz CT molecular complexity index is 1180. The monoisotopic (exact) mass is 448 g/mol. The molecule has 1 heterocycles. The quantitative estimate of drug-likeness (QED) is 0.376. The summed E-state index contributed by atoms with van der Waals surface area (Å²) in [7, 11) is 0. The summed E-state index contributed by atoms with van der Waals surface area (Å²) in [6.45, 7) is 2.05. The molecule has 0 bridgehead atoms. The number of carbonyl (C=O) groups excluding carboxylic acids is 1. The Kier molecular flexibility index (Phi) is 6.70. The van der Waals surface area contributed by atoms with Crippen LogP contribution in [0.4, 0.5) is 5.69 Å². The smallest absolute Gasteiger partial charge is 0.234 e. The summed E-state index contributed by atoms with van der Waals surface area (Å²) in [5.74, 6) is 0.936. The summed E-state index contributed by atoms with van der Waals surface area (Å²) >= 11 is 7.26. The first kappa shape index (κ1) is 21.2. The molecule has 0 aliphatic carbocycles. The zero-order chi connectivity index (χ0) is 21.6. The Morgan fingerprint density at radius 1 is 1.00 bits per heavy atom. The number of anilines is 1. The van der Waals surface area contributed by atoms with Crippen LogP contribution in [0.15, 0.2) is 84.0 Å². The molecule has 0 saturated carbocycles. The molecule has 156 valence electrons. The number of thioether (sulfide) groups is 1. The van der Waals surface area contributed by atoms with Crippen LogP contribution >= 0.6 is 23.4 Å². The molecule has 0 fully saturated rings. The normalized spacial score (nSPS) is 10.8. The second-order valence-electron chi connectivity index (χ2n) is 7.08. The highest BCUT2D eigenvalue weighted by Crippen LogP contribution is 2.24. The highest BCUT2D eigenvalue weighted by Gasteiger charge is 2.16. The van der Waals surface area contributed by atoms with E-state index in [1.54, 1.807) is 24.3 Å². The van der Waals surface area contributed by atoms with Gasteiger partial charge in [-0.05, 0) is 54.4 Å². The fraction of sp³-hybridized carbons (Fsp3) is 0.125. The van der Waals surface area contributed by atoms with Gasteiger partial charge in [-0.25, -0.2) is 0 Å². The standard InChI is InChI=1S/C24H21ClN4OS/c1-17-6-5-9-21(14-17)29-22(15-18-7-3-2-4-8-18)27-28-24(29)31-16-23(30)26-20-12-10-19(25)11-13-20/h2-14H,15-16H2,1H3,(H,26,30). The molecule has 4 aromatic rings. The molecule has 31 heavy (non-hydrogen) atoms. The van der Waals surface area contributed by atoms with Crippen molar-refractivity contribution in [3.63, 3.8) is 0 Å². The van der Waals surface area contributed by atoms with Crippen LogP contribution in [0.25, 0.3) is 5.69 Å². The molecule has 0 atom stereocenters. The van der Waals surface area contributed by atoms with Gasteiger partial charge in [-0.3, -0.25) is 9.36 Å². The van der Waals surface area contributed by atoms with E-state index < -0.39 is 0 Å². The van der Waals surface area contributed by atoms with Gasteiger partial charge in [0, 0.05) is 22.8 Å². The number of aryl methyl sites for hydroxylation is 1. The van der Waals surface area contributed by atoms with Gasteiger partial charge in [-0.2, -0.15) is 0 Å². The lowest BCUT2D eigenvalue weighted by atomic mass is 10.1. The van der Waals surface area contributed by atoms with Gasteiger partial charge < -0.3 is 5.32 Å². The van der Waals surface area contributed by atoms with Crippen LogP contribution in [-0.2, 0) is 11.2 Å². The zero-order valence-electron chi connectivity index (χ0n) is 17.0. The number of hydrogen-bond acceptors (Lipinski definition) is 4. The van der Waals surface area contributed by atoms with Crippen LogP contribution < -0.4 is 5.32 Å². The number of nitrogens with zero attached hydrogens (tertiary/aromatic N) is 3. The molecule has 1 aromatic heterocycles. The second-order valence-corrected chi connectivity index (χ2v) is 8.46. The highest BCUT2D eigenvalue weighted by atomic mass is 35.5. The van der Waals surface area contributed by atoms with Crippen molar-refractivity contribution < 1.29 is 4.79 Å².